The van der Waals surface area contributed by atoms with Crippen LogP contribution in [0.2, 0.25) is 0 Å². The molecule has 0 aromatic rings. The topological polar surface area (TPSA) is 192 Å². The summed E-state index contributed by atoms with van der Waals surface area (Å²) in [7, 11) is -5.02. The summed E-state index contributed by atoms with van der Waals surface area (Å²) in [4.78, 5) is 23.3. The zero-order chi connectivity index (χ0) is 47.6. The first-order chi connectivity index (χ1) is 31.5. The van der Waals surface area contributed by atoms with E-state index >= 15 is 0 Å². The lowest BCUT2D eigenvalue weighted by Gasteiger charge is -2.41. The van der Waals surface area contributed by atoms with Crippen molar-refractivity contribution in [3.05, 3.63) is 36.5 Å². The number of hydrogen-bond acceptors (Lipinski definition) is 11. The van der Waals surface area contributed by atoms with E-state index in [4.69, 9.17) is 18.5 Å². The first-order valence-corrected chi connectivity index (χ1v) is 27.8. The van der Waals surface area contributed by atoms with Gasteiger partial charge in [0.2, 0.25) is 0 Å². The number of carbonyl (C=O) groups excluding carboxylic acids is 1. The van der Waals surface area contributed by atoms with Crippen molar-refractivity contribution >= 4 is 13.8 Å². The van der Waals surface area contributed by atoms with Crippen molar-refractivity contribution in [1.82, 2.24) is 0 Å². The highest BCUT2D eigenvalue weighted by atomic mass is 31.2. The Morgan fingerprint density at radius 2 is 0.908 bits per heavy atom. The Bertz CT molecular complexity index is 1210. The Morgan fingerprint density at radius 1 is 0.508 bits per heavy atom. The molecule has 1 saturated carbocycles. The highest BCUT2D eigenvalue weighted by Gasteiger charge is 2.51. The number of phosphoric ester groups is 1. The minimum atomic E-state index is -5.02. The van der Waals surface area contributed by atoms with Crippen LogP contribution in [0.5, 0.6) is 0 Å². The maximum Gasteiger partial charge on any atom is 0.472 e. The fourth-order valence-electron chi connectivity index (χ4n) is 8.14. The van der Waals surface area contributed by atoms with E-state index < -0.39 is 63.1 Å². The van der Waals surface area contributed by atoms with Crippen molar-refractivity contribution in [1.29, 1.82) is 0 Å². The molecule has 65 heavy (non-hydrogen) atoms. The summed E-state index contributed by atoms with van der Waals surface area (Å²) in [6, 6.07) is 0. The van der Waals surface area contributed by atoms with Gasteiger partial charge in [-0.2, -0.15) is 0 Å². The predicted octanol–water partition coefficient (Wildman–Crippen LogP) is 11.8. The lowest BCUT2D eigenvalue weighted by molar-refractivity contribution is -0.220. The van der Waals surface area contributed by atoms with Crippen LogP contribution in [-0.4, -0.2) is 98.9 Å². The van der Waals surface area contributed by atoms with Gasteiger partial charge in [-0.25, -0.2) is 4.57 Å². The average Bonchev–Trinajstić information content (AvgIpc) is 3.29. The number of ether oxygens (including phenoxy) is 2. The van der Waals surface area contributed by atoms with E-state index in [-0.39, 0.29) is 13.0 Å². The van der Waals surface area contributed by atoms with Crippen molar-refractivity contribution in [3.8, 4) is 0 Å². The van der Waals surface area contributed by atoms with E-state index in [0.29, 0.717) is 13.0 Å². The number of carbonyl (C=O) groups is 1. The maximum atomic E-state index is 12.9. The second-order valence-corrected chi connectivity index (χ2v) is 19.8. The maximum absolute atomic E-state index is 12.9. The van der Waals surface area contributed by atoms with Crippen LogP contribution >= 0.6 is 7.82 Å². The minimum absolute atomic E-state index is 0.0790. The Labute approximate surface area is 395 Å². The molecule has 6 atom stereocenters. The largest absolute Gasteiger partial charge is 0.472 e. The number of aliphatic hydroxyl groups is 5. The van der Waals surface area contributed by atoms with Crippen molar-refractivity contribution in [3.63, 3.8) is 0 Å². The SMILES string of the molecule is CC/C=C\C/C=C\C/C=C\CCCCCCCCCCOCC(COP(=O)(O)OC1C(O)C(O)C(O)C(O)C1O)OC(=O)CCCCCCCCCCCCCCCCCCCCCC. The third-order valence-corrected chi connectivity index (χ3v) is 13.3. The monoisotopic (exact) mass is 945 g/mol. The molecule has 382 valence electrons. The van der Waals surface area contributed by atoms with Gasteiger partial charge in [0.1, 0.15) is 42.7 Å². The van der Waals surface area contributed by atoms with Gasteiger partial charge in [0.25, 0.3) is 0 Å². The zero-order valence-electron chi connectivity index (χ0n) is 41.0. The van der Waals surface area contributed by atoms with Crippen LogP contribution in [0.1, 0.15) is 226 Å². The highest BCUT2D eigenvalue weighted by molar-refractivity contribution is 7.47. The normalized spacial score (nSPS) is 21.8. The summed E-state index contributed by atoms with van der Waals surface area (Å²) in [6.45, 7) is 4.17. The van der Waals surface area contributed by atoms with E-state index in [1.54, 1.807) is 0 Å². The lowest BCUT2D eigenvalue weighted by atomic mass is 9.85. The quantitative estimate of drug-likeness (QED) is 0.0147. The molecule has 0 aromatic carbocycles. The molecule has 0 radical (unpaired) electrons. The van der Waals surface area contributed by atoms with Gasteiger partial charge in [-0.1, -0.05) is 211 Å². The summed E-state index contributed by atoms with van der Waals surface area (Å²) in [5.74, 6) is -0.476. The molecule has 6 unspecified atom stereocenters. The smallest absolute Gasteiger partial charge is 0.457 e. The van der Waals surface area contributed by atoms with Gasteiger partial charge in [-0.3, -0.25) is 13.8 Å². The van der Waals surface area contributed by atoms with Gasteiger partial charge < -0.3 is 39.9 Å². The van der Waals surface area contributed by atoms with Crippen molar-refractivity contribution in [2.24, 2.45) is 0 Å². The van der Waals surface area contributed by atoms with Crippen molar-refractivity contribution < 1.29 is 58.3 Å². The van der Waals surface area contributed by atoms with Gasteiger partial charge >= 0.3 is 13.8 Å². The summed E-state index contributed by atoms with van der Waals surface area (Å²) in [6.07, 6.45) is 39.2. The standard InChI is InChI=1S/C52H97O12P/c1-3-5-7-9-11-13-15-17-19-21-23-24-25-27-29-31-33-35-37-39-41-46(53)63-45(44-62-65(59,60)64-52-50(57)48(55)47(54)49(56)51(52)58)43-61-42-40-38-36-34-32-30-28-26-22-20-18-16-14-12-10-8-6-4-2/h6,8,12,14,18,20,45,47-52,54-58H,3-5,7,9-11,13,15-17,19,21-44H2,1-2H3,(H,59,60)/b8-6-,14-12-,20-18-. The van der Waals surface area contributed by atoms with E-state index in [2.05, 4.69) is 50.3 Å². The summed E-state index contributed by atoms with van der Waals surface area (Å²) >= 11 is 0. The second-order valence-electron chi connectivity index (χ2n) is 18.4. The third kappa shape index (κ3) is 34.5. The molecule has 0 saturated heterocycles. The van der Waals surface area contributed by atoms with Crippen LogP contribution < -0.4 is 0 Å². The molecule has 13 heteroatoms. The Hall–Kier alpha value is -1.44. The first kappa shape index (κ1) is 61.6. The van der Waals surface area contributed by atoms with Crippen LogP contribution in [0.4, 0.5) is 0 Å². The molecule has 1 rings (SSSR count). The van der Waals surface area contributed by atoms with E-state index in [0.717, 1.165) is 70.6 Å². The van der Waals surface area contributed by atoms with E-state index in [9.17, 15) is 39.8 Å². The molecule has 1 aliphatic carbocycles. The molecule has 6 N–H and O–H groups in total. The number of phosphoric acid groups is 1. The van der Waals surface area contributed by atoms with E-state index in [1.165, 1.54) is 128 Å². The Morgan fingerprint density at radius 3 is 1.38 bits per heavy atom. The first-order valence-electron chi connectivity index (χ1n) is 26.3. The molecular weight excluding hydrogens is 848 g/mol. The molecule has 1 fully saturated rings. The average molecular weight is 945 g/mol. The van der Waals surface area contributed by atoms with Crippen LogP contribution in [-0.2, 0) is 27.9 Å². The molecule has 0 heterocycles. The molecule has 1 aliphatic rings. The molecule has 0 aromatic heterocycles. The van der Waals surface area contributed by atoms with Gasteiger partial charge in [0, 0.05) is 13.0 Å². The number of allylic oxidation sites excluding steroid dienone is 6. The van der Waals surface area contributed by atoms with Gasteiger partial charge in [-0.15, -0.1) is 0 Å². The second kappa shape index (κ2) is 42.6. The van der Waals surface area contributed by atoms with Crippen LogP contribution in [0, 0.1) is 0 Å². The molecule has 0 bridgehead atoms. The molecule has 0 aliphatic heterocycles. The predicted molar refractivity (Wildman–Crippen MR) is 263 cm³/mol. The summed E-state index contributed by atoms with van der Waals surface area (Å²) < 4.78 is 34.3. The molecular formula is C52H97O12P. The fraction of sp³-hybridized carbons (Fsp3) is 0.865. The number of hydrogen-bond donors (Lipinski definition) is 6. The lowest BCUT2D eigenvalue weighted by Crippen LogP contribution is -2.64. The number of unbranched alkanes of at least 4 members (excludes halogenated alkanes) is 27. The molecule has 12 nitrogen and oxygen atoms in total. The van der Waals surface area contributed by atoms with Crippen molar-refractivity contribution in [2.45, 2.75) is 268 Å². The van der Waals surface area contributed by atoms with Crippen LogP contribution in [0.3, 0.4) is 0 Å². The third-order valence-electron chi connectivity index (χ3n) is 12.3. The Kier molecular flexibility index (Phi) is 40.4. The van der Waals surface area contributed by atoms with Gasteiger partial charge in [0.05, 0.1) is 13.2 Å². The fourth-order valence-corrected chi connectivity index (χ4v) is 9.11. The number of rotatable bonds is 45. The van der Waals surface area contributed by atoms with Crippen LogP contribution in [0.25, 0.3) is 0 Å². The summed E-state index contributed by atoms with van der Waals surface area (Å²) in [5, 5.41) is 50.3. The van der Waals surface area contributed by atoms with Gasteiger partial charge in [-0.05, 0) is 44.9 Å². The van der Waals surface area contributed by atoms with Crippen molar-refractivity contribution in [2.75, 3.05) is 19.8 Å². The molecule has 0 spiro atoms. The Balaban J connectivity index is 2.32. The van der Waals surface area contributed by atoms with Crippen LogP contribution in [0.15, 0.2) is 36.5 Å². The highest BCUT2D eigenvalue weighted by Crippen LogP contribution is 2.47. The minimum Gasteiger partial charge on any atom is -0.457 e. The number of aliphatic hydroxyl groups excluding tert-OH is 5. The van der Waals surface area contributed by atoms with E-state index in [1.807, 2.05) is 0 Å². The molecule has 0 amide bonds. The zero-order valence-corrected chi connectivity index (χ0v) is 41.9. The summed E-state index contributed by atoms with van der Waals surface area (Å²) in [5.41, 5.74) is 0. The number of esters is 1. The van der Waals surface area contributed by atoms with Gasteiger partial charge in [0.15, 0.2) is 0 Å².